The molecule has 0 spiro atoms. The molecule has 1 aliphatic heterocycles. The highest BCUT2D eigenvalue weighted by Gasteiger charge is 2.45. The number of nitrogens with two attached hydrogens (primary N) is 1. The molecule has 3 rings (SSSR count). The van der Waals surface area contributed by atoms with E-state index < -0.39 is 10.0 Å². The molecule has 1 aliphatic carbocycles. The first-order valence-electron chi connectivity index (χ1n) is 6.58. The molecule has 5 nitrogen and oxygen atoms in total. The van der Waals surface area contributed by atoms with Crippen LogP contribution in [0, 0.1) is 5.92 Å². The van der Waals surface area contributed by atoms with E-state index in [2.05, 4.69) is 15.9 Å². The zero-order valence-corrected chi connectivity index (χ0v) is 13.6. The lowest BCUT2D eigenvalue weighted by Gasteiger charge is -2.27. The van der Waals surface area contributed by atoms with Crippen LogP contribution in [0.25, 0.3) is 0 Å². The van der Waals surface area contributed by atoms with E-state index in [4.69, 9.17) is 10.5 Å². The van der Waals surface area contributed by atoms with Crippen LogP contribution in [-0.2, 0) is 10.0 Å². The van der Waals surface area contributed by atoms with Crippen LogP contribution in [0.3, 0.4) is 0 Å². The molecule has 20 heavy (non-hydrogen) atoms. The number of piperidine rings is 1. The van der Waals surface area contributed by atoms with Gasteiger partial charge in [0, 0.05) is 22.7 Å². The van der Waals surface area contributed by atoms with Crippen molar-refractivity contribution in [3.63, 3.8) is 0 Å². The number of nitrogen functional groups attached to an aromatic ring is 1. The lowest BCUT2D eigenvalue weighted by atomic mass is 10.1. The van der Waals surface area contributed by atoms with E-state index in [1.54, 1.807) is 10.4 Å². The molecule has 2 fully saturated rings. The smallest absolute Gasteiger partial charge is 0.247 e. The third-order valence-corrected chi connectivity index (χ3v) is 6.85. The van der Waals surface area contributed by atoms with Crippen molar-refractivity contribution in [2.75, 3.05) is 19.4 Å². The molecule has 2 bridgehead atoms. The Morgan fingerprint density at radius 2 is 2.15 bits per heavy atom. The predicted octanol–water partition coefficient (Wildman–Crippen LogP) is 2.21. The van der Waals surface area contributed by atoms with Crippen LogP contribution in [0.5, 0.6) is 5.75 Å². The minimum atomic E-state index is -3.54. The molecule has 2 N–H and O–H groups in total. The summed E-state index contributed by atoms with van der Waals surface area (Å²) in [5.74, 6) is 0.836. The molecule has 2 aliphatic rings. The Hall–Kier alpha value is -0.790. The summed E-state index contributed by atoms with van der Waals surface area (Å²) >= 11 is 3.29. The van der Waals surface area contributed by atoms with Gasteiger partial charge in [0.1, 0.15) is 10.6 Å². The van der Waals surface area contributed by atoms with Crippen molar-refractivity contribution in [2.45, 2.75) is 30.2 Å². The number of ether oxygens (including phenoxy) is 1. The Labute approximate surface area is 127 Å². The second-order valence-electron chi connectivity index (χ2n) is 5.43. The van der Waals surface area contributed by atoms with E-state index >= 15 is 0 Å². The monoisotopic (exact) mass is 360 g/mol. The molecular weight excluding hydrogens is 344 g/mol. The van der Waals surface area contributed by atoms with Crippen molar-refractivity contribution < 1.29 is 13.2 Å². The third-order valence-electron chi connectivity index (χ3n) is 4.23. The summed E-state index contributed by atoms with van der Waals surface area (Å²) in [6, 6.07) is 3.22. The normalized spacial score (nSPS) is 26.1. The zero-order chi connectivity index (χ0) is 14.5. The summed E-state index contributed by atoms with van der Waals surface area (Å²) < 4.78 is 33.2. The fraction of sp³-hybridized carbons (Fsp3) is 0.538. The molecule has 1 saturated heterocycles. The fourth-order valence-corrected chi connectivity index (χ4v) is 5.45. The number of nitrogens with zero attached hydrogens (tertiary/aromatic N) is 1. The maximum atomic E-state index is 12.8. The molecule has 2 unspecified atom stereocenters. The Balaban J connectivity index is 2.05. The van der Waals surface area contributed by atoms with Crippen LogP contribution in [-0.4, -0.2) is 32.4 Å². The van der Waals surface area contributed by atoms with Gasteiger partial charge in [-0.2, -0.15) is 4.31 Å². The summed E-state index contributed by atoms with van der Waals surface area (Å²) in [7, 11) is -2.08. The summed E-state index contributed by atoms with van der Waals surface area (Å²) in [5.41, 5.74) is 6.23. The van der Waals surface area contributed by atoms with Crippen LogP contribution < -0.4 is 10.5 Å². The first-order chi connectivity index (χ1) is 9.43. The first kappa shape index (κ1) is 14.2. The third kappa shape index (κ3) is 2.12. The highest BCUT2D eigenvalue weighted by atomic mass is 79.9. The molecule has 1 heterocycles. The SMILES string of the molecule is COc1cc(Br)c(N)cc1S(=O)(=O)N1CC2CCC1C2. The van der Waals surface area contributed by atoms with Gasteiger partial charge in [0.25, 0.3) is 0 Å². The van der Waals surface area contributed by atoms with E-state index in [1.165, 1.54) is 13.2 Å². The van der Waals surface area contributed by atoms with Gasteiger partial charge in [0.2, 0.25) is 10.0 Å². The summed E-state index contributed by atoms with van der Waals surface area (Å²) in [6.07, 6.45) is 3.07. The molecule has 1 aromatic rings. The summed E-state index contributed by atoms with van der Waals surface area (Å²) in [6.45, 7) is 0.617. The van der Waals surface area contributed by atoms with Gasteiger partial charge in [-0.05, 0) is 53.2 Å². The van der Waals surface area contributed by atoms with Crippen molar-refractivity contribution in [1.29, 1.82) is 0 Å². The Bertz CT molecular complexity index is 647. The van der Waals surface area contributed by atoms with E-state index in [1.807, 2.05) is 0 Å². The first-order valence-corrected chi connectivity index (χ1v) is 8.81. The number of methoxy groups -OCH3 is 1. The topological polar surface area (TPSA) is 72.6 Å². The number of hydrogen-bond acceptors (Lipinski definition) is 4. The zero-order valence-electron chi connectivity index (χ0n) is 11.2. The summed E-state index contributed by atoms with van der Waals surface area (Å²) in [5, 5.41) is 0. The molecular formula is C13H17BrN2O3S. The van der Waals surface area contributed by atoms with Gasteiger partial charge in [-0.1, -0.05) is 0 Å². The maximum Gasteiger partial charge on any atom is 0.247 e. The van der Waals surface area contributed by atoms with Gasteiger partial charge < -0.3 is 10.5 Å². The second-order valence-corrected chi connectivity index (χ2v) is 8.15. The molecule has 0 radical (unpaired) electrons. The highest BCUT2D eigenvalue weighted by molar-refractivity contribution is 9.10. The Morgan fingerprint density at radius 3 is 2.70 bits per heavy atom. The lowest BCUT2D eigenvalue weighted by Crippen LogP contribution is -2.37. The molecule has 1 saturated carbocycles. The number of anilines is 1. The number of sulfonamides is 1. The van der Waals surface area contributed by atoms with Crippen molar-refractivity contribution in [3.8, 4) is 5.75 Å². The van der Waals surface area contributed by atoms with Gasteiger partial charge >= 0.3 is 0 Å². The Morgan fingerprint density at radius 1 is 1.40 bits per heavy atom. The molecule has 0 amide bonds. The molecule has 7 heteroatoms. The van der Waals surface area contributed by atoms with Gasteiger partial charge in [-0.3, -0.25) is 0 Å². The maximum absolute atomic E-state index is 12.8. The van der Waals surface area contributed by atoms with Gasteiger partial charge in [0.15, 0.2) is 0 Å². The highest BCUT2D eigenvalue weighted by Crippen LogP contribution is 2.42. The second kappa shape index (κ2) is 4.89. The van der Waals surface area contributed by atoms with Crippen molar-refractivity contribution >= 4 is 31.6 Å². The van der Waals surface area contributed by atoms with E-state index in [-0.39, 0.29) is 10.9 Å². The standard InChI is InChI=1S/C13H17BrN2O3S/c1-19-12-5-10(14)11(15)6-13(12)20(17,18)16-7-8-2-3-9(16)4-8/h5-6,8-9H,2-4,7,15H2,1H3. The number of hydrogen-bond donors (Lipinski definition) is 1. The van der Waals surface area contributed by atoms with Gasteiger partial charge in [-0.15, -0.1) is 0 Å². The Kier molecular flexibility index (Phi) is 3.46. The molecule has 110 valence electrons. The van der Waals surface area contributed by atoms with E-state index in [0.717, 1.165) is 19.3 Å². The number of halogens is 1. The number of benzene rings is 1. The van der Waals surface area contributed by atoms with Crippen molar-refractivity contribution in [2.24, 2.45) is 5.92 Å². The van der Waals surface area contributed by atoms with Crippen molar-refractivity contribution in [3.05, 3.63) is 16.6 Å². The largest absolute Gasteiger partial charge is 0.495 e. The molecule has 0 aromatic heterocycles. The van der Waals surface area contributed by atoms with Crippen LogP contribution in [0.15, 0.2) is 21.5 Å². The summed E-state index contributed by atoms with van der Waals surface area (Å²) in [4.78, 5) is 0.160. The predicted molar refractivity (Wildman–Crippen MR) is 80.1 cm³/mol. The van der Waals surface area contributed by atoms with E-state index in [0.29, 0.717) is 28.4 Å². The minimum Gasteiger partial charge on any atom is -0.495 e. The average molecular weight is 361 g/mol. The molecule has 2 atom stereocenters. The van der Waals surface area contributed by atoms with Crippen LogP contribution >= 0.6 is 15.9 Å². The average Bonchev–Trinajstić information content (AvgIpc) is 3.03. The number of rotatable bonds is 3. The quantitative estimate of drug-likeness (QED) is 0.838. The number of fused-ring (bicyclic) bond motifs is 2. The van der Waals surface area contributed by atoms with Crippen molar-refractivity contribution in [1.82, 2.24) is 4.31 Å². The van der Waals surface area contributed by atoms with Crippen LogP contribution in [0.2, 0.25) is 0 Å². The minimum absolute atomic E-state index is 0.138. The molecule has 1 aromatic carbocycles. The fourth-order valence-electron chi connectivity index (χ4n) is 3.21. The lowest BCUT2D eigenvalue weighted by molar-refractivity contribution is 0.330. The van der Waals surface area contributed by atoms with Gasteiger partial charge in [0.05, 0.1) is 7.11 Å². The van der Waals surface area contributed by atoms with Crippen LogP contribution in [0.1, 0.15) is 19.3 Å². The van der Waals surface area contributed by atoms with Gasteiger partial charge in [-0.25, -0.2) is 8.42 Å². The van der Waals surface area contributed by atoms with E-state index in [9.17, 15) is 8.42 Å². The van der Waals surface area contributed by atoms with Crippen LogP contribution in [0.4, 0.5) is 5.69 Å².